The third kappa shape index (κ3) is 8.45. The highest BCUT2D eigenvalue weighted by atomic mass is 16.6. The third-order valence-corrected chi connectivity index (χ3v) is 5.19. The smallest absolute Gasteiger partial charge is 0.408 e. The molecule has 0 fully saturated rings. The number of nitrogens with one attached hydrogen (secondary N) is 2. The summed E-state index contributed by atoms with van der Waals surface area (Å²) in [7, 11) is 0. The van der Waals surface area contributed by atoms with Crippen LogP contribution < -0.4 is 10.6 Å². The van der Waals surface area contributed by atoms with Crippen molar-refractivity contribution < 1.29 is 19.1 Å². The number of nitrogens with zero attached hydrogens (tertiary/aromatic N) is 1. The zero-order valence-corrected chi connectivity index (χ0v) is 21.0. The predicted molar refractivity (Wildman–Crippen MR) is 130 cm³/mol. The summed E-state index contributed by atoms with van der Waals surface area (Å²) in [5.41, 5.74) is 0.422. The van der Waals surface area contributed by atoms with E-state index in [1.54, 1.807) is 52.0 Å². The maximum absolute atomic E-state index is 13.6. The number of amides is 3. The van der Waals surface area contributed by atoms with Crippen LogP contribution in [-0.4, -0.2) is 47.0 Å². The molecule has 7 heteroatoms. The standard InChI is InChI=1S/C26H39N3O4/c1-9-12-17-27-23(30)22(21-16-14-13-15-20(21)11-3)29(18(4)10-2)24(31)19(5)28-25(32)33-26(6,7)8/h3,13-16,18-19,22H,9-10,12,17H2,1-2,4-8H3,(H,27,30)(H,28,32). The van der Waals surface area contributed by atoms with E-state index in [2.05, 4.69) is 16.6 Å². The lowest BCUT2D eigenvalue weighted by Gasteiger charge is -2.38. The number of carbonyl (C=O) groups excluding carboxylic acids is 3. The summed E-state index contributed by atoms with van der Waals surface area (Å²) in [5, 5.41) is 5.54. The molecule has 3 amide bonds. The molecule has 33 heavy (non-hydrogen) atoms. The Morgan fingerprint density at radius 2 is 1.79 bits per heavy atom. The summed E-state index contributed by atoms with van der Waals surface area (Å²) < 4.78 is 5.29. The highest BCUT2D eigenvalue weighted by molar-refractivity contribution is 5.92. The molecule has 0 radical (unpaired) electrons. The maximum Gasteiger partial charge on any atom is 0.408 e. The Kier molecular flexibility index (Phi) is 10.9. The van der Waals surface area contributed by atoms with E-state index in [0.717, 1.165) is 12.8 Å². The van der Waals surface area contributed by atoms with Crippen molar-refractivity contribution in [2.75, 3.05) is 6.54 Å². The molecule has 1 rings (SSSR count). The van der Waals surface area contributed by atoms with Crippen LogP contribution in [-0.2, 0) is 14.3 Å². The van der Waals surface area contributed by atoms with E-state index in [-0.39, 0.29) is 11.9 Å². The van der Waals surface area contributed by atoms with Crippen LogP contribution in [0, 0.1) is 12.3 Å². The van der Waals surface area contributed by atoms with Gasteiger partial charge in [0.1, 0.15) is 17.7 Å². The van der Waals surface area contributed by atoms with E-state index in [4.69, 9.17) is 11.2 Å². The van der Waals surface area contributed by atoms with Crippen molar-refractivity contribution in [3.63, 3.8) is 0 Å². The number of ether oxygens (including phenoxy) is 1. The molecule has 0 saturated heterocycles. The Morgan fingerprint density at radius 3 is 2.33 bits per heavy atom. The molecular weight excluding hydrogens is 418 g/mol. The van der Waals surface area contributed by atoms with Crippen LogP contribution in [0.1, 0.15) is 84.9 Å². The number of rotatable bonds is 10. The number of terminal acetylenes is 1. The largest absolute Gasteiger partial charge is 0.444 e. The molecule has 0 aliphatic carbocycles. The van der Waals surface area contributed by atoms with Crippen molar-refractivity contribution >= 4 is 17.9 Å². The second kappa shape index (κ2) is 12.9. The van der Waals surface area contributed by atoms with E-state index in [1.807, 2.05) is 20.8 Å². The molecule has 0 heterocycles. The first-order valence-corrected chi connectivity index (χ1v) is 11.6. The molecule has 3 unspecified atom stereocenters. The number of hydrogen-bond acceptors (Lipinski definition) is 4. The monoisotopic (exact) mass is 457 g/mol. The van der Waals surface area contributed by atoms with Crippen LogP contribution in [0.3, 0.4) is 0 Å². The third-order valence-electron chi connectivity index (χ3n) is 5.19. The highest BCUT2D eigenvalue weighted by Crippen LogP contribution is 2.28. The van der Waals surface area contributed by atoms with Gasteiger partial charge in [0.25, 0.3) is 0 Å². The van der Waals surface area contributed by atoms with Gasteiger partial charge in [-0.1, -0.05) is 44.4 Å². The van der Waals surface area contributed by atoms with Crippen LogP contribution in [0.4, 0.5) is 4.79 Å². The minimum Gasteiger partial charge on any atom is -0.444 e. The Hall–Kier alpha value is -3.01. The molecule has 2 N–H and O–H groups in total. The zero-order valence-electron chi connectivity index (χ0n) is 21.0. The van der Waals surface area contributed by atoms with E-state index in [9.17, 15) is 14.4 Å². The number of alkyl carbamates (subject to hydrolysis) is 1. The summed E-state index contributed by atoms with van der Waals surface area (Å²) in [4.78, 5) is 40.8. The average molecular weight is 458 g/mol. The van der Waals surface area contributed by atoms with E-state index < -0.39 is 29.7 Å². The van der Waals surface area contributed by atoms with E-state index >= 15 is 0 Å². The fourth-order valence-corrected chi connectivity index (χ4v) is 3.33. The van der Waals surface area contributed by atoms with Gasteiger partial charge < -0.3 is 20.3 Å². The van der Waals surface area contributed by atoms with Gasteiger partial charge >= 0.3 is 6.09 Å². The lowest BCUT2D eigenvalue weighted by molar-refractivity contribution is -0.144. The molecule has 0 aliphatic heterocycles. The van der Waals surface area contributed by atoms with Crippen LogP contribution >= 0.6 is 0 Å². The number of benzene rings is 1. The summed E-state index contributed by atoms with van der Waals surface area (Å²) in [5.74, 6) is 1.94. The van der Waals surface area contributed by atoms with Gasteiger partial charge in [0.05, 0.1) is 0 Å². The molecule has 1 aromatic rings. The maximum atomic E-state index is 13.6. The molecule has 0 aromatic heterocycles. The van der Waals surface area contributed by atoms with Gasteiger partial charge in [-0.2, -0.15) is 0 Å². The molecular formula is C26H39N3O4. The Balaban J connectivity index is 3.39. The number of hydrogen-bond donors (Lipinski definition) is 2. The first-order chi connectivity index (χ1) is 15.5. The lowest BCUT2D eigenvalue weighted by Crippen LogP contribution is -2.54. The number of carbonyl (C=O) groups is 3. The molecule has 0 saturated carbocycles. The van der Waals surface area contributed by atoms with Crippen LogP contribution in [0.25, 0.3) is 0 Å². The van der Waals surface area contributed by atoms with Crippen molar-refractivity contribution in [1.29, 1.82) is 0 Å². The van der Waals surface area contributed by atoms with Gasteiger partial charge in [-0.25, -0.2) is 4.79 Å². The minimum absolute atomic E-state index is 0.284. The van der Waals surface area contributed by atoms with Crippen LogP contribution in [0.5, 0.6) is 0 Å². The van der Waals surface area contributed by atoms with Gasteiger partial charge in [0, 0.05) is 18.2 Å². The topological polar surface area (TPSA) is 87.7 Å². The van der Waals surface area contributed by atoms with Crippen LogP contribution in [0.2, 0.25) is 0 Å². The van der Waals surface area contributed by atoms with Crippen molar-refractivity contribution in [3.8, 4) is 12.3 Å². The second-order valence-electron chi connectivity index (χ2n) is 9.15. The van der Waals surface area contributed by atoms with Gasteiger partial charge in [0.15, 0.2) is 0 Å². The molecule has 182 valence electrons. The van der Waals surface area contributed by atoms with Gasteiger partial charge in [-0.15, -0.1) is 6.42 Å². The number of unbranched alkanes of at least 4 members (excludes halogenated alkanes) is 1. The molecule has 3 atom stereocenters. The van der Waals surface area contributed by atoms with E-state index in [0.29, 0.717) is 24.1 Å². The molecule has 0 bridgehead atoms. The van der Waals surface area contributed by atoms with Gasteiger partial charge in [-0.3, -0.25) is 9.59 Å². The minimum atomic E-state index is -0.931. The fourth-order valence-electron chi connectivity index (χ4n) is 3.33. The predicted octanol–water partition coefficient (Wildman–Crippen LogP) is 4.17. The van der Waals surface area contributed by atoms with Gasteiger partial charge in [0.2, 0.25) is 11.8 Å². The van der Waals surface area contributed by atoms with Crippen LogP contribution in [0.15, 0.2) is 24.3 Å². The van der Waals surface area contributed by atoms with Crippen molar-refractivity contribution in [3.05, 3.63) is 35.4 Å². The average Bonchev–Trinajstić information content (AvgIpc) is 2.75. The Morgan fingerprint density at radius 1 is 1.15 bits per heavy atom. The summed E-state index contributed by atoms with van der Waals surface area (Å²) >= 11 is 0. The van der Waals surface area contributed by atoms with E-state index in [1.165, 1.54) is 4.90 Å². The Bertz CT molecular complexity index is 854. The first kappa shape index (κ1) is 28.0. The summed E-state index contributed by atoms with van der Waals surface area (Å²) in [6.45, 7) is 13.2. The lowest BCUT2D eigenvalue weighted by atomic mass is 9.96. The van der Waals surface area contributed by atoms with Crippen molar-refractivity contribution in [2.45, 2.75) is 91.5 Å². The second-order valence-corrected chi connectivity index (χ2v) is 9.15. The summed E-state index contributed by atoms with van der Waals surface area (Å²) in [6.07, 6.45) is 7.39. The summed E-state index contributed by atoms with van der Waals surface area (Å²) in [6, 6.07) is 5.00. The highest BCUT2D eigenvalue weighted by Gasteiger charge is 2.37. The quantitative estimate of drug-likeness (QED) is 0.408. The van der Waals surface area contributed by atoms with Crippen molar-refractivity contribution in [1.82, 2.24) is 15.5 Å². The molecule has 1 aromatic carbocycles. The van der Waals surface area contributed by atoms with Gasteiger partial charge in [-0.05, 0) is 59.1 Å². The normalized spacial score (nSPS) is 13.8. The Labute approximate surface area is 198 Å². The fraction of sp³-hybridized carbons (Fsp3) is 0.577. The van der Waals surface area contributed by atoms with Crippen molar-refractivity contribution in [2.24, 2.45) is 0 Å². The first-order valence-electron chi connectivity index (χ1n) is 11.6. The zero-order chi connectivity index (χ0) is 25.2. The molecule has 0 spiro atoms. The SMILES string of the molecule is C#Cc1ccccc1C(C(=O)NCCCC)N(C(=O)C(C)NC(=O)OC(C)(C)C)C(C)CC. The molecule has 7 nitrogen and oxygen atoms in total. The molecule has 0 aliphatic rings.